The van der Waals surface area contributed by atoms with Gasteiger partial charge in [0.15, 0.2) is 11.6 Å². The predicted octanol–water partition coefficient (Wildman–Crippen LogP) is 5.42. The van der Waals surface area contributed by atoms with Gasteiger partial charge in [-0.25, -0.2) is 13.6 Å². The van der Waals surface area contributed by atoms with Crippen molar-refractivity contribution in [3.05, 3.63) is 65.2 Å². The molecule has 1 aliphatic rings. The van der Waals surface area contributed by atoms with Crippen molar-refractivity contribution < 1.29 is 26.7 Å². The fraction of sp³-hybridized carbons (Fsp3) is 0.316. The Morgan fingerprint density at radius 2 is 1.74 bits per heavy atom. The van der Waals surface area contributed by atoms with E-state index in [9.17, 15) is 26.7 Å². The molecule has 144 valence electrons. The number of carbonyl (C=O) groups is 1. The van der Waals surface area contributed by atoms with Gasteiger partial charge in [0, 0.05) is 5.56 Å². The van der Waals surface area contributed by atoms with Crippen molar-refractivity contribution in [1.82, 2.24) is 4.90 Å². The fourth-order valence-electron chi connectivity index (χ4n) is 3.72. The van der Waals surface area contributed by atoms with Crippen molar-refractivity contribution in [2.24, 2.45) is 0 Å². The van der Waals surface area contributed by atoms with E-state index >= 15 is 0 Å². The molecule has 1 unspecified atom stereocenters. The van der Waals surface area contributed by atoms with E-state index in [1.807, 2.05) is 0 Å². The van der Waals surface area contributed by atoms with E-state index in [2.05, 4.69) is 5.32 Å². The van der Waals surface area contributed by atoms with Gasteiger partial charge in [-0.05, 0) is 24.1 Å². The second-order valence-electron chi connectivity index (χ2n) is 6.39. The van der Waals surface area contributed by atoms with Gasteiger partial charge in [0.25, 0.3) is 0 Å². The van der Waals surface area contributed by atoms with Gasteiger partial charge in [-0.3, -0.25) is 0 Å². The molecule has 0 saturated heterocycles. The summed E-state index contributed by atoms with van der Waals surface area (Å²) in [4.78, 5) is 13.1. The molecule has 1 N–H and O–H groups in total. The first-order valence-corrected chi connectivity index (χ1v) is 8.40. The maximum atomic E-state index is 14.9. The minimum absolute atomic E-state index is 0.00606. The van der Waals surface area contributed by atoms with Crippen LogP contribution in [0.1, 0.15) is 30.9 Å². The summed E-state index contributed by atoms with van der Waals surface area (Å²) < 4.78 is 68.8. The summed E-state index contributed by atoms with van der Waals surface area (Å²) in [6.45, 7) is 0.114. The Morgan fingerprint density at radius 3 is 2.33 bits per heavy atom. The average Bonchev–Trinajstić information content (AvgIpc) is 2.61. The molecule has 1 atom stereocenters. The SMILES string of the molecule is CCCC1(c2ccccc2)c2c(ccc(F)c2F)NC(=O)N1CC(F)(F)F. The van der Waals surface area contributed by atoms with Gasteiger partial charge in [0.1, 0.15) is 12.1 Å². The van der Waals surface area contributed by atoms with Gasteiger partial charge in [-0.2, -0.15) is 13.2 Å². The Morgan fingerprint density at radius 1 is 1.07 bits per heavy atom. The third kappa shape index (κ3) is 3.24. The third-order valence-electron chi connectivity index (χ3n) is 4.66. The van der Waals surface area contributed by atoms with Gasteiger partial charge >= 0.3 is 12.2 Å². The normalized spacial score (nSPS) is 19.6. The lowest BCUT2D eigenvalue weighted by Gasteiger charge is -2.48. The highest BCUT2D eigenvalue weighted by Crippen LogP contribution is 2.48. The van der Waals surface area contributed by atoms with Crippen LogP contribution in [0, 0.1) is 11.6 Å². The molecule has 1 aliphatic heterocycles. The van der Waals surface area contributed by atoms with E-state index in [0.717, 1.165) is 6.07 Å². The molecule has 2 aromatic rings. The number of hydrogen-bond donors (Lipinski definition) is 1. The third-order valence-corrected chi connectivity index (χ3v) is 4.66. The number of amides is 2. The average molecular weight is 384 g/mol. The molecule has 1 heterocycles. The molecule has 0 aromatic heterocycles. The van der Waals surface area contributed by atoms with Crippen LogP contribution in [0.4, 0.5) is 32.4 Å². The van der Waals surface area contributed by atoms with Crippen LogP contribution >= 0.6 is 0 Å². The summed E-state index contributed by atoms with van der Waals surface area (Å²) in [7, 11) is 0. The number of anilines is 1. The maximum absolute atomic E-state index is 14.9. The van der Waals surface area contributed by atoms with Gasteiger partial charge < -0.3 is 10.2 Å². The molecule has 0 bridgehead atoms. The van der Waals surface area contributed by atoms with Crippen LogP contribution < -0.4 is 5.32 Å². The molecule has 0 saturated carbocycles. The zero-order chi connectivity index (χ0) is 19.8. The van der Waals surface area contributed by atoms with Gasteiger partial charge in [-0.1, -0.05) is 43.7 Å². The van der Waals surface area contributed by atoms with Gasteiger partial charge in [-0.15, -0.1) is 0 Å². The zero-order valence-electron chi connectivity index (χ0n) is 14.4. The van der Waals surface area contributed by atoms with E-state index in [4.69, 9.17) is 0 Å². The largest absolute Gasteiger partial charge is 0.406 e. The fourth-order valence-corrected chi connectivity index (χ4v) is 3.72. The summed E-state index contributed by atoms with van der Waals surface area (Å²) in [5.41, 5.74) is -1.82. The minimum Gasteiger partial charge on any atom is -0.307 e. The number of benzene rings is 2. The standard InChI is InChI=1S/C19H17F5N2O/c1-2-10-18(12-6-4-3-5-7-12)15-14(9-8-13(20)16(15)21)25-17(27)26(18)11-19(22,23)24/h3-9H,2,10-11H2,1H3,(H,25,27). The van der Waals surface area contributed by atoms with Crippen molar-refractivity contribution in [2.75, 3.05) is 11.9 Å². The Bertz CT molecular complexity index is 853. The van der Waals surface area contributed by atoms with Gasteiger partial charge in [0.05, 0.1) is 5.69 Å². The first-order chi connectivity index (χ1) is 12.7. The summed E-state index contributed by atoms with van der Waals surface area (Å²) in [6, 6.07) is 8.87. The van der Waals surface area contributed by atoms with Gasteiger partial charge in [0.2, 0.25) is 0 Å². The van der Waals surface area contributed by atoms with E-state index < -0.39 is 35.9 Å². The van der Waals surface area contributed by atoms with Crippen LogP contribution in [0.15, 0.2) is 42.5 Å². The number of halogens is 5. The molecule has 27 heavy (non-hydrogen) atoms. The van der Waals surface area contributed by atoms with Crippen molar-refractivity contribution in [2.45, 2.75) is 31.5 Å². The van der Waals surface area contributed by atoms with Crippen LogP contribution in [-0.4, -0.2) is 23.7 Å². The highest BCUT2D eigenvalue weighted by atomic mass is 19.4. The van der Waals surface area contributed by atoms with Crippen LogP contribution in [0.5, 0.6) is 0 Å². The molecule has 2 aromatic carbocycles. The van der Waals surface area contributed by atoms with Crippen molar-refractivity contribution in [1.29, 1.82) is 0 Å². The lowest BCUT2D eigenvalue weighted by atomic mass is 9.75. The van der Waals surface area contributed by atoms with E-state index in [0.29, 0.717) is 11.3 Å². The number of hydrogen-bond acceptors (Lipinski definition) is 1. The Kier molecular flexibility index (Phi) is 4.84. The molecule has 0 spiro atoms. The predicted molar refractivity (Wildman–Crippen MR) is 90.3 cm³/mol. The molecule has 8 heteroatoms. The number of nitrogens with one attached hydrogen (secondary N) is 1. The number of rotatable bonds is 4. The Labute approximate surface area is 152 Å². The van der Waals surface area contributed by atoms with E-state index in [-0.39, 0.29) is 23.2 Å². The van der Waals surface area contributed by atoms with Crippen molar-refractivity contribution in [3.8, 4) is 0 Å². The minimum atomic E-state index is -4.72. The summed E-state index contributed by atoms with van der Waals surface area (Å²) in [5, 5.41) is 2.26. The van der Waals surface area contributed by atoms with Crippen LogP contribution in [0.3, 0.4) is 0 Å². The smallest absolute Gasteiger partial charge is 0.307 e. The van der Waals surface area contributed by atoms with Crippen LogP contribution in [0.2, 0.25) is 0 Å². The topological polar surface area (TPSA) is 32.3 Å². The van der Waals surface area contributed by atoms with E-state index in [1.54, 1.807) is 25.1 Å². The summed E-state index contributed by atoms with van der Waals surface area (Å²) in [5.74, 6) is -2.45. The molecule has 2 amide bonds. The molecule has 0 radical (unpaired) electrons. The molecule has 0 aliphatic carbocycles. The highest BCUT2D eigenvalue weighted by molar-refractivity contribution is 5.94. The number of urea groups is 1. The molecule has 3 nitrogen and oxygen atoms in total. The molecule has 0 fully saturated rings. The molecule has 3 rings (SSSR count). The molecular formula is C19H17F5N2O. The quantitative estimate of drug-likeness (QED) is 0.702. The first-order valence-electron chi connectivity index (χ1n) is 8.40. The summed E-state index contributed by atoms with van der Waals surface area (Å²) >= 11 is 0. The number of alkyl halides is 3. The second-order valence-corrected chi connectivity index (χ2v) is 6.39. The Balaban J connectivity index is 2.38. The highest BCUT2D eigenvalue weighted by Gasteiger charge is 2.52. The number of fused-ring (bicyclic) bond motifs is 1. The zero-order valence-corrected chi connectivity index (χ0v) is 14.4. The van der Waals surface area contributed by atoms with Crippen molar-refractivity contribution >= 4 is 11.7 Å². The first kappa shape index (κ1) is 19.1. The Hall–Kier alpha value is -2.64. The maximum Gasteiger partial charge on any atom is 0.406 e. The van der Waals surface area contributed by atoms with Crippen molar-refractivity contribution in [3.63, 3.8) is 0 Å². The second kappa shape index (κ2) is 6.83. The number of carbonyl (C=O) groups excluding carboxylic acids is 1. The van der Waals surface area contributed by atoms with E-state index in [1.165, 1.54) is 18.2 Å². The van der Waals surface area contributed by atoms with Crippen LogP contribution in [-0.2, 0) is 5.54 Å². The summed E-state index contributed by atoms with van der Waals surface area (Å²) in [6.07, 6.45) is -4.38. The lowest BCUT2D eigenvalue weighted by molar-refractivity contribution is -0.149. The van der Waals surface area contributed by atoms with Crippen LogP contribution in [0.25, 0.3) is 0 Å². The lowest BCUT2D eigenvalue weighted by Crippen LogP contribution is -2.58. The number of nitrogens with zero attached hydrogens (tertiary/aromatic N) is 1. The monoisotopic (exact) mass is 384 g/mol. The molecular weight excluding hydrogens is 367 g/mol.